The summed E-state index contributed by atoms with van der Waals surface area (Å²) in [7, 11) is -2.29. The molecule has 180 valence electrons. The van der Waals surface area contributed by atoms with Gasteiger partial charge in [-0.2, -0.15) is 4.31 Å². The molecule has 1 saturated heterocycles. The van der Waals surface area contributed by atoms with Gasteiger partial charge in [0.1, 0.15) is 10.5 Å². The summed E-state index contributed by atoms with van der Waals surface area (Å²) < 4.78 is 35.6. The molecule has 1 aromatic carbocycles. The number of amides is 1. The number of hydrogen-bond acceptors (Lipinski definition) is 5. The maximum Gasteiger partial charge on any atom is 0.341 e. The maximum absolute atomic E-state index is 13.7. The standard InChI is InChI=1S/C24H33N3O5S/c1-7-32-24(29)21-17(4)26(6)18(5)22(21)33(30,31)27-13-9-11-19(14-27)23(28)25-20-12-8-10-15(2)16(20)3/h8,10,12,19H,7,9,11,13-14H2,1-6H3,(H,25,28)/t19-/m0/s1. The van der Waals surface area contributed by atoms with Crippen LogP contribution in [-0.4, -0.2) is 48.9 Å². The predicted molar refractivity (Wildman–Crippen MR) is 127 cm³/mol. The van der Waals surface area contributed by atoms with Crippen LogP contribution >= 0.6 is 0 Å². The molecule has 0 aliphatic carbocycles. The van der Waals surface area contributed by atoms with Gasteiger partial charge < -0.3 is 14.6 Å². The van der Waals surface area contributed by atoms with Gasteiger partial charge in [-0.15, -0.1) is 0 Å². The van der Waals surface area contributed by atoms with Crippen molar-refractivity contribution in [2.75, 3.05) is 25.0 Å². The number of carbonyl (C=O) groups is 2. The van der Waals surface area contributed by atoms with E-state index in [-0.39, 0.29) is 29.5 Å². The molecule has 1 aromatic heterocycles. The molecular weight excluding hydrogens is 442 g/mol. The van der Waals surface area contributed by atoms with Crippen LogP contribution in [0.1, 0.15) is 52.6 Å². The molecule has 0 saturated carbocycles. The average molecular weight is 476 g/mol. The summed E-state index contributed by atoms with van der Waals surface area (Å²) >= 11 is 0. The lowest BCUT2D eigenvalue weighted by Gasteiger charge is -2.31. The third-order valence-electron chi connectivity index (χ3n) is 6.62. The number of carbonyl (C=O) groups excluding carboxylic acids is 2. The summed E-state index contributed by atoms with van der Waals surface area (Å²) in [6.07, 6.45) is 1.16. The van der Waals surface area contributed by atoms with Crippen molar-refractivity contribution in [3.63, 3.8) is 0 Å². The van der Waals surface area contributed by atoms with Crippen LogP contribution in [0.3, 0.4) is 0 Å². The van der Waals surface area contributed by atoms with Crippen molar-refractivity contribution in [1.29, 1.82) is 0 Å². The number of sulfonamides is 1. The van der Waals surface area contributed by atoms with Gasteiger partial charge in [0, 0.05) is 37.2 Å². The predicted octanol–water partition coefficient (Wildman–Crippen LogP) is 3.47. The normalized spacial score (nSPS) is 17.1. The number of benzene rings is 1. The summed E-state index contributed by atoms with van der Waals surface area (Å²) in [5.74, 6) is -1.33. The molecule has 1 amide bonds. The van der Waals surface area contributed by atoms with Crippen LogP contribution in [0.15, 0.2) is 23.1 Å². The van der Waals surface area contributed by atoms with Gasteiger partial charge in [0.25, 0.3) is 0 Å². The lowest BCUT2D eigenvalue weighted by Crippen LogP contribution is -2.44. The minimum absolute atomic E-state index is 0.0310. The zero-order valence-electron chi connectivity index (χ0n) is 20.2. The molecular formula is C24H33N3O5S. The van der Waals surface area contributed by atoms with Crippen LogP contribution in [0.25, 0.3) is 0 Å². The molecule has 1 aliphatic rings. The molecule has 9 heteroatoms. The number of aryl methyl sites for hydroxylation is 1. The van der Waals surface area contributed by atoms with E-state index in [4.69, 9.17) is 4.74 Å². The van der Waals surface area contributed by atoms with E-state index in [1.807, 2.05) is 32.0 Å². The van der Waals surface area contributed by atoms with Crippen LogP contribution in [0.5, 0.6) is 0 Å². The number of rotatable bonds is 6. The van der Waals surface area contributed by atoms with E-state index in [9.17, 15) is 18.0 Å². The number of nitrogens with zero attached hydrogens (tertiary/aromatic N) is 2. The first-order valence-electron chi connectivity index (χ1n) is 11.2. The number of piperidine rings is 1. The molecule has 1 fully saturated rings. The average Bonchev–Trinajstić information content (AvgIpc) is 3.01. The highest BCUT2D eigenvalue weighted by atomic mass is 32.2. The zero-order chi connectivity index (χ0) is 24.5. The van der Waals surface area contributed by atoms with Crippen LogP contribution < -0.4 is 5.32 Å². The van der Waals surface area contributed by atoms with Crippen molar-refractivity contribution in [3.8, 4) is 0 Å². The summed E-state index contributed by atoms with van der Waals surface area (Å²) in [4.78, 5) is 25.6. The van der Waals surface area contributed by atoms with Crippen molar-refractivity contribution >= 4 is 27.6 Å². The quantitative estimate of drug-likeness (QED) is 0.645. The van der Waals surface area contributed by atoms with E-state index < -0.39 is 21.9 Å². The fourth-order valence-corrected chi connectivity index (χ4v) is 6.30. The number of hydrogen-bond donors (Lipinski definition) is 1. The molecule has 1 aliphatic heterocycles. The van der Waals surface area contributed by atoms with Crippen molar-refractivity contribution in [2.45, 2.75) is 52.4 Å². The molecule has 0 radical (unpaired) electrons. The van der Waals surface area contributed by atoms with Crippen molar-refractivity contribution in [1.82, 2.24) is 8.87 Å². The summed E-state index contributed by atoms with van der Waals surface area (Å²) in [5.41, 5.74) is 3.86. The molecule has 1 N–H and O–H groups in total. The van der Waals surface area contributed by atoms with E-state index in [0.717, 1.165) is 16.8 Å². The summed E-state index contributed by atoms with van der Waals surface area (Å²) in [6, 6.07) is 5.71. The fourth-order valence-electron chi connectivity index (χ4n) is 4.30. The molecule has 2 aromatic rings. The second-order valence-corrected chi connectivity index (χ2v) is 10.5. The second kappa shape index (κ2) is 9.69. The van der Waals surface area contributed by atoms with E-state index in [1.54, 1.807) is 32.4 Å². The largest absolute Gasteiger partial charge is 0.462 e. The van der Waals surface area contributed by atoms with Crippen LogP contribution in [0, 0.1) is 33.6 Å². The zero-order valence-corrected chi connectivity index (χ0v) is 21.0. The van der Waals surface area contributed by atoms with Crippen LogP contribution in [-0.2, 0) is 26.6 Å². The Bertz CT molecular complexity index is 1180. The van der Waals surface area contributed by atoms with Gasteiger partial charge in [0.15, 0.2) is 0 Å². The van der Waals surface area contributed by atoms with Gasteiger partial charge >= 0.3 is 5.97 Å². The smallest absolute Gasteiger partial charge is 0.341 e. The highest BCUT2D eigenvalue weighted by molar-refractivity contribution is 7.89. The van der Waals surface area contributed by atoms with Crippen molar-refractivity contribution < 1.29 is 22.7 Å². The lowest BCUT2D eigenvalue weighted by molar-refractivity contribution is -0.120. The first-order chi connectivity index (χ1) is 15.5. The first-order valence-corrected chi connectivity index (χ1v) is 12.6. The van der Waals surface area contributed by atoms with E-state index in [1.165, 1.54) is 4.31 Å². The molecule has 0 unspecified atom stereocenters. The van der Waals surface area contributed by atoms with Gasteiger partial charge in [-0.25, -0.2) is 13.2 Å². The highest BCUT2D eigenvalue weighted by Crippen LogP contribution is 2.32. The molecule has 8 nitrogen and oxygen atoms in total. The fraction of sp³-hybridized carbons (Fsp3) is 0.500. The third kappa shape index (κ3) is 4.70. The molecule has 33 heavy (non-hydrogen) atoms. The molecule has 2 heterocycles. The van der Waals surface area contributed by atoms with Gasteiger partial charge in [-0.05, 0) is 64.7 Å². The van der Waals surface area contributed by atoms with E-state index in [2.05, 4.69) is 5.32 Å². The Morgan fingerprint density at radius 3 is 2.52 bits per heavy atom. The minimum atomic E-state index is -4.01. The van der Waals surface area contributed by atoms with Gasteiger partial charge in [-0.1, -0.05) is 12.1 Å². The summed E-state index contributed by atoms with van der Waals surface area (Å²) in [5, 5.41) is 2.96. The van der Waals surface area contributed by atoms with Crippen molar-refractivity contribution in [2.24, 2.45) is 13.0 Å². The van der Waals surface area contributed by atoms with Gasteiger partial charge in [0.2, 0.25) is 15.9 Å². The topological polar surface area (TPSA) is 97.7 Å². The highest BCUT2D eigenvalue weighted by Gasteiger charge is 2.39. The Balaban J connectivity index is 1.89. The monoisotopic (exact) mass is 475 g/mol. The number of ether oxygens (including phenoxy) is 1. The number of aromatic nitrogens is 1. The lowest BCUT2D eigenvalue weighted by atomic mass is 9.98. The third-order valence-corrected chi connectivity index (χ3v) is 8.65. The molecule has 0 bridgehead atoms. The SMILES string of the molecule is CCOC(=O)c1c(S(=O)(=O)N2CCC[C@H](C(=O)Nc3cccc(C)c3C)C2)c(C)n(C)c1C. The Labute approximate surface area is 196 Å². The van der Waals surface area contributed by atoms with Crippen molar-refractivity contribution in [3.05, 3.63) is 46.3 Å². The van der Waals surface area contributed by atoms with Crippen LogP contribution in [0.4, 0.5) is 5.69 Å². The first kappa shape index (κ1) is 25.0. The summed E-state index contributed by atoms with van der Waals surface area (Å²) in [6.45, 7) is 9.49. The van der Waals surface area contributed by atoms with Crippen LogP contribution in [0.2, 0.25) is 0 Å². The number of anilines is 1. The molecule has 3 rings (SSSR count). The number of nitrogens with one attached hydrogen (secondary N) is 1. The molecule has 1 atom stereocenters. The maximum atomic E-state index is 13.7. The Kier molecular flexibility index (Phi) is 7.33. The Morgan fingerprint density at radius 1 is 1.15 bits per heavy atom. The molecule has 0 spiro atoms. The second-order valence-electron chi connectivity index (χ2n) is 8.59. The number of esters is 1. The van der Waals surface area contributed by atoms with E-state index in [0.29, 0.717) is 30.8 Å². The minimum Gasteiger partial charge on any atom is -0.462 e. The van der Waals surface area contributed by atoms with Gasteiger partial charge in [0.05, 0.1) is 12.5 Å². The Morgan fingerprint density at radius 2 is 1.85 bits per heavy atom. The van der Waals surface area contributed by atoms with E-state index >= 15 is 0 Å². The Hall–Kier alpha value is -2.65. The van der Waals surface area contributed by atoms with Gasteiger partial charge in [-0.3, -0.25) is 4.79 Å².